The molecule has 0 saturated heterocycles. The van der Waals surface area contributed by atoms with Crippen LogP contribution in [0.4, 0.5) is 17.6 Å². The average molecular weight is 392 g/mol. The average Bonchev–Trinajstić information content (AvgIpc) is 2.64. The third-order valence-electron chi connectivity index (χ3n) is 5.77. The number of hydrogen-bond acceptors (Lipinski definition) is 0. The molecular formula is C22H23F4Si. The van der Waals surface area contributed by atoms with Gasteiger partial charge in [-0.3, -0.25) is 0 Å². The lowest BCUT2D eigenvalue weighted by Gasteiger charge is -2.27. The maximum Gasteiger partial charge on any atom is 0.134 e. The van der Waals surface area contributed by atoms with Gasteiger partial charge in [0.1, 0.15) is 23.3 Å². The highest BCUT2D eigenvalue weighted by Gasteiger charge is 2.21. The summed E-state index contributed by atoms with van der Waals surface area (Å²) in [5.41, 5.74) is -0.0750. The fourth-order valence-electron chi connectivity index (χ4n) is 3.93. The summed E-state index contributed by atoms with van der Waals surface area (Å²) in [4.78, 5) is 0. The molecule has 143 valence electrons. The summed E-state index contributed by atoms with van der Waals surface area (Å²) in [5, 5.41) is 0. The van der Waals surface area contributed by atoms with E-state index >= 15 is 0 Å². The van der Waals surface area contributed by atoms with Gasteiger partial charge in [0.15, 0.2) is 0 Å². The molecule has 5 heteroatoms. The number of hydrogen-bond donors (Lipinski definition) is 0. The Balaban J connectivity index is 1.74. The van der Waals surface area contributed by atoms with Crippen LogP contribution in [0.15, 0.2) is 24.3 Å². The van der Waals surface area contributed by atoms with E-state index in [0.717, 1.165) is 43.4 Å². The summed E-state index contributed by atoms with van der Waals surface area (Å²) in [6, 6.07) is 5.56. The highest BCUT2D eigenvalue weighted by atomic mass is 28.1. The Kier molecular flexibility index (Phi) is 6.40. The van der Waals surface area contributed by atoms with Gasteiger partial charge in [0, 0.05) is 15.8 Å². The normalized spacial score (nSPS) is 20.1. The van der Waals surface area contributed by atoms with Gasteiger partial charge in [-0.05, 0) is 67.0 Å². The first-order valence-electron chi connectivity index (χ1n) is 9.47. The zero-order valence-electron chi connectivity index (χ0n) is 15.4. The van der Waals surface area contributed by atoms with E-state index in [2.05, 4.69) is 10.2 Å². The Morgan fingerprint density at radius 2 is 1.33 bits per heavy atom. The quantitative estimate of drug-likeness (QED) is 0.401. The van der Waals surface area contributed by atoms with Gasteiger partial charge in [0.2, 0.25) is 0 Å². The van der Waals surface area contributed by atoms with Crippen molar-refractivity contribution in [2.75, 3.05) is 0 Å². The summed E-state index contributed by atoms with van der Waals surface area (Å²) in [7, 11) is 3.58. The molecule has 3 rings (SSSR count). The molecule has 0 amide bonds. The summed E-state index contributed by atoms with van der Waals surface area (Å²) in [6.45, 7) is 1.29. The van der Waals surface area contributed by atoms with Crippen LogP contribution < -0.4 is 0 Å². The van der Waals surface area contributed by atoms with Crippen molar-refractivity contribution >= 4 is 10.2 Å². The molecule has 1 aliphatic carbocycles. The fraction of sp³-hybridized carbons (Fsp3) is 0.455. The van der Waals surface area contributed by atoms with Crippen LogP contribution in [0.2, 0.25) is 6.04 Å². The Bertz CT molecular complexity index is 764. The van der Waals surface area contributed by atoms with Crippen LogP contribution in [-0.2, 0) is 6.42 Å². The van der Waals surface area contributed by atoms with Crippen molar-refractivity contribution in [2.45, 2.75) is 51.5 Å². The van der Waals surface area contributed by atoms with Crippen molar-refractivity contribution < 1.29 is 17.6 Å². The van der Waals surface area contributed by atoms with E-state index in [4.69, 9.17) is 0 Å². The van der Waals surface area contributed by atoms with Crippen molar-refractivity contribution in [3.63, 3.8) is 0 Å². The van der Waals surface area contributed by atoms with Gasteiger partial charge in [-0.2, -0.15) is 0 Å². The van der Waals surface area contributed by atoms with E-state index in [0.29, 0.717) is 17.9 Å². The summed E-state index contributed by atoms with van der Waals surface area (Å²) >= 11 is 0. The molecule has 2 aromatic carbocycles. The van der Waals surface area contributed by atoms with E-state index < -0.39 is 23.3 Å². The number of benzene rings is 2. The second kappa shape index (κ2) is 8.59. The van der Waals surface area contributed by atoms with Crippen LogP contribution in [0, 0.1) is 42.0 Å². The second-order valence-corrected chi connectivity index (χ2v) is 8.04. The minimum Gasteiger partial charge on any atom is -0.207 e. The molecule has 0 bridgehead atoms. The molecule has 0 aromatic heterocycles. The van der Waals surface area contributed by atoms with Gasteiger partial charge >= 0.3 is 0 Å². The van der Waals surface area contributed by atoms with E-state index in [9.17, 15) is 17.6 Å². The van der Waals surface area contributed by atoms with E-state index in [1.165, 1.54) is 31.9 Å². The lowest BCUT2D eigenvalue weighted by molar-refractivity contribution is 0.278. The summed E-state index contributed by atoms with van der Waals surface area (Å²) < 4.78 is 56.6. The monoisotopic (exact) mass is 391 g/mol. The summed E-state index contributed by atoms with van der Waals surface area (Å²) in [5.74, 6) is -1.86. The summed E-state index contributed by atoms with van der Waals surface area (Å²) in [6.07, 6.45) is 6.20. The van der Waals surface area contributed by atoms with Gasteiger partial charge in [-0.25, -0.2) is 17.6 Å². The first-order valence-corrected chi connectivity index (χ1v) is 10.2. The molecule has 3 radical (unpaired) electrons. The molecule has 0 spiro atoms. The third-order valence-corrected chi connectivity index (χ3v) is 6.35. The van der Waals surface area contributed by atoms with Crippen LogP contribution in [0.5, 0.6) is 0 Å². The van der Waals surface area contributed by atoms with Crippen molar-refractivity contribution in [1.82, 2.24) is 0 Å². The molecule has 1 fully saturated rings. The Hall–Kier alpha value is -1.62. The van der Waals surface area contributed by atoms with E-state index in [1.807, 2.05) is 0 Å². The van der Waals surface area contributed by atoms with E-state index in [-0.39, 0.29) is 16.7 Å². The van der Waals surface area contributed by atoms with Gasteiger partial charge in [-0.1, -0.05) is 31.7 Å². The molecule has 0 atom stereocenters. The van der Waals surface area contributed by atoms with Crippen LogP contribution in [0.1, 0.15) is 43.2 Å². The molecule has 0 unspecified atom stereocenters. The largest absolute Gasteiger partial charge is 0.207 e. The fourth-order valence-corrected chi connectivity index (χ4v) is 4.34. The van der Waals surface area contributed by atoms with Crippen LogP contribution in [-0.4, -0.2) is 10.2 Å². The third kappa shape index (κ3) is 4.62. The van der Waals surface area contributed by atoms with Crippen LogP contribution in [0.3, 0.4) is 0 Å². The van der Waals surface area contributed by atoms with Crippen LogP contribution >= 0.6 is 0 Å². The molecular weight excluding hydrogens is 368 g/mol. The molecule has 1 aliphatic rings. The molecule has 0 heterocycles. The van der Waals surface area contributed by atoms with Gasteiger partial charge in [0.05, 0.1) is 5.56 Å². The van der Waals surface area contributed by atoms with Crippen LogP contribution in [0.25, 0.3) is 11.1 Å². The predicted molar refractivity (Wildman–Crippen MR) is 101 cm³/mol. The van der Waals surface area contributed by atoms with Crippen molar-refractivity contribution in [2.24, 2.45) is 11.8 Å². The Morgan fingerprint density at radius 1 is 0.815 bits per heavy atom. The molecule has 0 N–H and O–H groups in total. The molecule has 1 saturated carbocycles. The minimum absolute atomic E-state index is 0.120. The second-order valence-electron chi connectivity index (χ2n) is 7.63. The maximum atomic E-state index is 14.5. The Morgan fingerprint density at radius 3 is 1.85 bits per heavy atom. The lowest BCUT2D eigenvalue weighted by atomic mass is 9.80. The first kappa shape index (κ1) is 20.1. The first-order chi connectivity index (χ1) is 12.9. The van der Waals surface area contributed by atoms with Gasteiger partial charge < -0.3 is 0 Å². The number of halogens is 4. The molecule has 0 nitrogen and oxygen atoms in total. The van der Waals surface area contributed by atoms with E-state index in [1.54, 1.807) is 0 Å². The van der Waals surface area contributed by atoms with Gasteiger partial charge in [-0.15, -0.1) is 0 Å². The van der Waals surface area contributed by atoms with Crippen molar-refractivity contribution in [1.29, 1.82) is 0 Å². The Labute approximate surface area is 161 Å². The topological polar surface area (TPSA) is 0 Å². The van der Waals surface area contributed by atoms with Crippen molar-refractivity contribution in [3.8, 4) is 11.1 Å². The lowest BCUT2D eigenvalue weighted by Crippen LogP contribution is -2.14. The molecule has 2 aromatic rings. The number of aryl methyl sites for hydroxylation is 1. The van der Waals surface area contributed by atoms with Gasteiger partial charge in [0.25, 0.3) is 0 Å². The minimum atomic E-state index is -0.813. The SMILES string of the molecule is Cc1c(F)cc(-c2c(F)cc(CCC3CCC(C[Si])CC3)cc2F)cc1F. The predicted octanol–water partition coefficient (Wildman–Crippen LogP) is 6.54. The molecule has 27 heavy (non-hydrogen) atoms. The molecule has 0 aliphatic heterocycles. The smallest absolute Gasteiger partial charge is 0.134 e. The zero-order valence-corrected chi connectivity index (χ0v) is 16.4. The van der Waals surface area contributed by atoms with Crippen molar-refractivity contribution in [3.05, 3.63) is 58.7 Å². The highest BCUT2D eigenvalue weighted by Crippen LogP contribution is 2.34. The maximum absolute atomic E-state index is 14.5. The number of rotatable bonds is 5. The standard InChI is InChI=1S/C22H23F4Si/c1-13-18(23)10-17(11-19(13)24)22-20(25)8-16(9-21(22)26)7-4-14-2-5-15(12-27)6-3-14/h8-11,14-15H,2-7,12H2,1H3. The highest BCUT2D eigenvalue weighted by molar-refractivity contribution is 6.08. The zero-order chi connectivity index (χ0) is 19.6.